The third kappa shape index (κ3) is 6.17. The quantitative estimate of drug-likeness (QED) is 0.203. The molecule has 36 heavy (non-hydrogen) atoms. The van der Waals surface area contributed by atoms with E-state index < -0.39 is 15.8 Å². The van der Waals surface area contributed by atoms with E-state index in [2.05, 4.69) is 146 Å². The zero-order valence-corrected chi connectivity index (χ0v) is 22.4. The number of hydrogen-bond donors (Lipinski definition) is 0. The first-order valence-electron chi connectivity index (χ1n) is 12.5. The van der Waals surface area contributed by atoms with Gasteiger partial charge in [0.1, 0.15) is 0 Å². The van der Waals surface area contributed by atoms with Gasteiger partial charge in [0, 0.05) is 17.3 Å². The first-order chi connectivity index (χ1) is 17.8. The lowest BCUT2D eigenvalue weighted by Crippen LogP contribution is -2.23. The molecule has 1 nitrogen and oxygen atoms in total. The lowest BCUT2D eigenvalue weighted by atomic mass is 10.1. The van der Waals surface area contributed by atoms with Crippen LogP contribution in [-0.4, -0.2) is 17.3 Å². The van der Waals surface area contributed by atoms with Gasteiger partial charge in [0.2, 0.25) is 0 Å². The minimum atomic E-state index is -0.522. The zero-order chi connectivity index (χ0) is 24.6. The van der Waals surface area contributed by atoms with Gasteiger partial charge in [0.05, 0.1) is 0 Å². The largest absolute Gasteiger partial charge is 0.258 e. The Balaban J connectivity index is 1.57. The minimum absolute atomic E-state index is 0.350. The maximum Gasteiger partial charge on any atom is 0.0445 e. The zero-order valence-electron chi connectivity index (χ0n) is 20.6. The Morgan fingerprint density at radius 1 is 0.472 bits per heavy atom. The highest BCUT2D eigenvalue weighted by Gasteiger charge is 2.26. The summed E-state index contributed by atoms with van der Waals surface area (Å²) < 4.78 is 0. The lowest BCUT2D eigenvalue weighted by molar-refractivity contribution is 0.833. The minimum Gasteiger partial charge on any atom is -0.258 e. The molecule has 0 radical (unpaired) electrons. The molecule has 3 heteroatoms. The van der Waals surface area contributed by atoms with Crippen molar-refractivity contribution < 1.29 is 0 Å². The summed E-state index contributed by atoms with van der Waals surface area (Å²) in [6.07, 6.45) is 2.16. The predicted octanol–water partition coefficient (Wildman–Crippen LogP) is 6.74. The topological polar surface area (TPSA) is 12.9 Å². The van der Waals surface area contributed by atoms with Crippen LogP contribution in [0.2, 0.25) is 0 Å². The Morgan fingerprint density at radius 2 is 0.833 bits per heavy atom. The Labute approximate surface area is 217 Å². The van der Waals surface area contributed by atoms with Gasteiger partial charge < -0.3 is 0 Å². The Kier molecular flexibility index (Phi) is 8.35. The summed E-state index contributed by atoms with van der Waals surface area (Å²) in [5, 5.41) is 5.72. The fourth-order valence-corrected chi connectivity index (χ4v) is 9.91. The number of pyridine rings is 1. The number of benzene rings is 4. The van der Waals surface area contributed by atoms with E-state index in [0.717, 1.165) is 18.0 Å². The van der Waals surface area contributed by atoms with Crippen molar-refractivity contribution in [3.05, 3.63) is 151 Å². The molecule has 0 saturated heterocycles. The second-order valence-corrected chi connectivity index (χ2v) is 13.5. The molecule has 0 unspecified atom stereocenters. The van der Waals surface area contributed by atoms with Crippen LogP contribution in [0.1, 0.15) is 17.3 Å². The van der Waals surface area contributed by atoms with E-state index in [4.69, 9.17) is 4.98 Å². The summed E-state index contributed by atoms with van der Waals surface area (Å²) in [6, 6.07) is 50.8. The molecule has 0 aliphatic rings. The van der Waals surface area contributed by atoms with Crippen LogP contribution in [0.25, 0.3) is 0 Å². The molecule has 0 bridgehead atoms. The number of aromatic nitrogens is 1. The molecule has 1 heterocycles. The predicted molar refractivity (Wildman–Crippen MR) is 160 cm³/mol. The average molecular weight is 504 g/mol. The van der Waals surface area contributed by atoms with Crippen LogP contribution in [0.15, 0.2) is 140 Å². The van der Waals surface area contributed by atoms with Crippen LogP contribution < -0.4 is 21.2 Å². The summed E-state index contributed by atoms with van der Waals surface area (Å²) in [4.78, 5) is 5.08. The van der Waals surface area contributed by atoms with Crippen molar-refractivity contribution in [2.75, 3.05) is 12.3 Å². The molecular weight excluding hydrogens is 472 g/mol. The highest BCUT2D eigenvalue weighted by Crippen LogP contribution is 2.45. The van der Waals surface area contributed by atoms with Crippen molar-refractivity contribution in [3.63, 3.8) is 0 Å². The molecule has 0 fully saturated rings. The SMILES string of the molecule is Cc1cccc(C(CP(c2ccccc2)c2ccccc2)CP(c2ccccc2)c2ccccc2)n1. The molecule has 0 aliphatic heterocycles. The fraction of sp³-hybridized carbons (Fsp3) is 0.121. The second-order valence-electron chi connectivity index (χ2n) is 8.96. The summed E-state index contributed by atoms with van der Waals surface area (Å²) in [5.41, 5.74) is 2.30. The van der Waals surface area contributed by atoms with Gasteiger partial charge in [-0.15, -0.1) is 0 Å². The van der Waals surface area contributed by atoms with Crippen molar-refractivity contribution in [1.29, 1.82) is 0 Å². The van der Waals surface area contributed by atoms with E-state index >= 15 is 0 Å². The average Bonchev–Trinajstić information content (AvgIpc) is 2.95. The van der Waals surface area contributed by atoms with E-state index in [1.807, 2.05) is 0 Å². The van der Waals surface area contributed by atoms with Crippen LogP contribution in [0.3, 0.4) is 0 Å². The Hall–Kier alpha value is -3.11. The second kappa shape index (κ2) is 12.2. The fourth-order valence-electron chi connectivity index (χ4n) is 4.63. The molecule has 5 aromatic rings. The summed E-state index contributed by atoms with van der Waals surface area (Å²) in [7, 11) is -1.04. The molecule has 0 spiro atoms. The van der Waals surface area contributed by atoms with Gasteiger partial charge in [0.25, 0.3) is 0 Å². The molecule has 0 saturated carbocycles. The van der Waals surface area contributed by atoms with Crippen molar-refractivity contribution in [2.45, 2.75) is 12.8 Å². The Bertz CT molecular complexity index is 1180. The summed E-state index contributed by atoms with van der Waals surface area (Å²) in [5.74, 6) is 0.350. The van der Waals surface area contributed by atoms with Crippen LogP contribution in [0, 0.1) is 6.92 Å². The van der Waals surface area contributed by atoms with Gasteiger partial charge >= 0.3 is 0 Å². The summed E-state index contributed by atoms with van der Waals surface area (Å²) in [6.45, 7) is 2.11. The normalized spacial score (nSPS) is 11.3. The standard InChI is InChI=1S/C33H31NP2/c1-27-15-14-24-33(34-27)28(25-35(29-16-6-2-7-17-29)30-18-8-3-9-19-30)26-36(31-20-10-4-11-21-31)32-22-12-5-13-23-32/h2-24,28H,25-26H2,1H3. The number of rotatable bonds is 9. The number of aryl methyl sites for hydroxylation is 1. The van der Waals surface area contributed by atoms with E-state index in [1.54, 1.807) is 0 Å². The molecule has 1 aromatic heterocycles. The smallest absolute Gasteiger partial charge is 0.0445 e. The van der Waals surface area contributed by atoms with Crippen molar-refractivity contribution >= 4 is 37.1 Å². The van der Waals surface area contributed by atoms with Crippen LogP contribution in [0.5, 0.6) is 0 Å². The maximum atomic E-state index is 5.08. The monoisotopic (exact) mass is 503 g/mol. The molecule has 0 N–H and O–H groups in total. The van der Waals surface area contributed by atoms with E-state index in [1.165, 1.54) is 26.9 Å². The van der Waals surface area contributed by atoms with Crippen molar-refractivity contribution in [3.8, 4) is 0 Å². The molecular formula is C33H31NP2. The van der Waals surface area contributed by atoms with Gasteiger partial charge in [-0.25, -0.2) is 0 Å². The van der Waals surface area contributed by atoms with E-state index in [0.29, 0.717) is 5.92 Å². The van der Waals surface area contributed by atoms with Gasteiger partial charge in [-0.3, -0.25) is 4.98 Å². The highest BCUT2D eigenvalue weighted by atomic mass is 31.1. The molecule has 0 amide bonds. The maximum absolute atomic E-state index is 5.08. The number of nitrogens with zero attached hydrogens (tertiary/aromatic N) is 1. The van der Waals surface area contributed by atoms with E-state index in [9.17, 15) is 0 Å². The Morgan fingerprint density at radius 3 is 1.17 bits per heavy atom. The van der Waals surface area contributed by atoms with Crippen molar-refractivity contribution in [1.82, 2.24) is 4.98 Å². The van der Waals surface area contributed by atoms with E-state index in [-0.39, 0.29) is 0 Å². The molecule has 0 atom stereocenters. The lowest BCUT2D eigenvalue weighted by Gasteiger charge is -2.29. The van der Waals surface area contributed by atoms with Gasteiger partial charge in [-0.2, -0.15) is 0 Å². The van der Waals surface area contributed by atoms with Crippen LogP contribution >= 0.6 is 15.8 Å². The van der Waals surface area contributed by atoms with Gasteiger partial charge in [-0.05, 0) is 68.4 Å². The third-order valence-electron chi connectivity index (χ3n) is 6.41. The van der Waals surface area contributed by atoms with Gasteiger partial charge in [-0.1, -0.05) is 127 Å². The first kappa shape index (κ1) is 24.6. The molecule has 4 aromatic carbocycles. The highest BCUT2D eigenvalue weighted by molar-refractivity contribution is 7.74. The first-order valence-corrected chi connectivity index (χ1v) is 15.5. The van der Waals surface area contributed by atoms with Crippen LogP contribution in [0.4, 0.5) is 0 Å². The molecule has 0 aliphatic carbocycles. The van der Waals surface area contributed by atoms with Crippen molar-refractivity contribution in [2.24, 2.45) is 0 Å². The number of hydrogen-bond acceptors (Lipinski definition) is 1. The summed E-state index contributed by atoms with van der Waals surface area (Å²) >= 11 is 0. The molecule has 5 rings (SSSR count). The molecule has 178 valence electrons. The third-order valence-corrected chi connectivity index (χ3v) is 11.7. The van der Waals surface area contributed by atoms with Gasteiger partial charge in [0.15, 0.2) is 0 Å². The van der Waals surface area contributed by atoms with Crippen LogP contribution in [-0.2, 0) is 0 Å².